The van der Waals surface area contributed by atoms with Crippen LogP contribution in [-0.2, 0) is 13.0 Å². The Morgan fingerprint density at radius 3 is 2.76 bits per heavy atom. The number of nitrogens with zero attached hydrogens (tertiary/aromatic N) is 2. The molecule has 0 fully saturated rings. The maximum absolute atomic E-state index is 5.88. The molecule has 2 N–H and O–H groups in total. The lowest BCUT2D eigenvalue weighted by atomic mass is 10.1. The van der Waals surface area contributed by atoms with Crippen LogP contribution in [0.4, 0.5) is 0 Å². The summed E-state index contributed by atoms with van der Waals surface area (Å²) in [6.07, 6.45) is 3.07. The van der Waals surface area contributed by atoms with Gasteiger partial charge >= 0.3 is 0 Å². The Morgan fingerprint density at radius 1 is 1.29 bits per heavy atom. The summed E-state index contributed by atoms with van der Waals surface area (Å²) in [4.78, 5) is 5.94. The van der Waals surface area contributed by atoms with Crippen LogP contribution in [0.1, 0.15) is 28.1 Å². The van der Waals surface area contributed by atoms with E-state index in [2.05, 4.69) is 53.9 Å². The summed E-state index contributed by atoms with van der Waals surface area (Å²) in [6.45, 7) is 7.09. The standard InChI is InChI=1S/C17H21N3S/c1-11(18)8-14-4-5-16-15(9-14)6-7-20(16)10-17-19-12(2)13(3)21-17/h4-7,9,11H,8,10,18H2,1-3H3. The fourth-order valence-corrected chi connectivity index (χ4v) is 3.57. The lowest BCUT2D eigenvalue weighted by molar-refractivity contribution is 0.738. The Hall–Kier alpha value is -1.65. The van der Waals surface area contributed by atoms with E-state index in [1.165, 1.54) is 26.4 Å². The van der Waals surface area contributed by atoms with Gasteiger partial charge < -0.3 is 10.3 Å². The van der Waals surface area contributed by atoms with Gasteiger partial charge in [-0.2, -0.15) is 0 Å². The molecule has 21 heavy (non-hydrogen) atoms. The van der Waals surface area contributed by atoms with E-state index in [1.807, 2.05) is 6.92 Å². The van der Waals surface area contributed by atoms with Crippen molar-refractivity contribution in [2.24, 2.45) is 5.73 Å². The third-order valence-electron chi connectivity index (χ3n) is 3.77. The first-order chi connectivity index (χ1) is 10.0. The Kier molecular flexibility index (Phi) is 3.83. The molecule has 0 bridgehead atoms. The van der Waals surface area contributed by atoms with Gasteiger partial charge in [-0.15, -0.1) is 11.3 Å². The Morgan fingerprint density at radius 2 is 2.10 bits per heavy atom. The Labute approximate surface area is 129 Å². The molecule has 0 aliphatic carbocycles. The normalized spacial score (nSPS) is 13.0. The van der Waals surface area contributed by atoms with Crippen LogP contribution in [0.25, 0.3) is 10.9 Å². The van der Waals surface area contributed by atoms with Crippen LogP contribution in [0.2, 0.25) is 0 Å². The molecule has 3 aromatic rings. The molecule has 1 unspecified atom stereocenters. The van der Waals surface area contributed by atoms with Crippen LogP contribution in [-0.4, -0.2) is 15.6 Å². The first-order valence-electron chi connectivity index (χ1n) is 7.29. The van der Waals surface area contributed by atoms with Crippen molar-refractivity contribution in [1.82, 2.24) is 9.55 Å². The number of nitrogens with two attached hydrogens (primary N) is 1. The topological polar surface area (TPSA) is 43.8 Å². The van der Waals surface area contributed by atoms with Crippen LogP contribution in [0.3, 0.4) is 0 Å². The van der Waals surface area contributed by atoms with Gasteiger partial charge in [0.15, 0.2) is 0 Å². The van der Waals surface area contributed by atoms with Crippen molar-refractivity contribution >= 4 is 22.2 Å². The van der Waals surface area contributed by atoms with Gasteiger partial charge in [-0.3, -0.25) is 0 Å². The van der Waals surface area contributed by atoms with Crippen molar-refractivity contribution in [3.63, 3.8) is 0 Å². The van der Waals surface area contributed by atoms with Crippen LogP contribution in [0.5, 0.6) is 0 Å². The highest BCUT2D eigenvalue weighted by atomic mass is 32.1. The van der Waals surface area contributed by atoms with E-state index < -0.39 is 0 Å². The molecule has 3 nitrogen and oxygen atoms in total. The molecule has 2 aromatic heterocycles. The van der Waals surface area contributed by atoms with Crippen LogP contribution in [0, 0.1) is 13.8 Å². The van der Waals surface area contributed by atoms with Gasteiger partial charge in [-0.05, 0) is 56.3 Å². The lowest BCUT2D eigenvalue weighted by Crippen LogP contribution is -2.17. The van der Waals surface area contributed by atoms with Crippen molar-refractivity contribution in [2.45, 2.75) is 39.8 Å². The van der Waals surface area contributed by atoms with Gasteiger partial charge in [0.25, 0.3) is 0 Å². The molecular weight excluding hydrogens is 278 g/mol. The summed E-state index contributed by atoms with van der Waals surface area (Å²) in [7, 11) is 0. The molecule has 0 aliphatic rings. The van der Waals surface area contributed by atoms with Gasteiger partial charge in [-0.25, -0.2) is 4.98 Å². The Bertz CT molecular complexity index is 748. The number of thiazole rings is 1. The largest absolute Gasteiger partial charge is 0.341 e. The van der Waals surface area contributed by atoms with Crippen LogP contribution < -0.4 is 5.73 Å². The molecule has 0 saturated heterocycles. The van der Waals surface area contributed by atoms with Crippen molar-refractivity contribution in [2.75, 3.05) is 0 Å². The predicted molar refractivity (Wildman–Crippen MR) is 90.0 cm³/mol. The number of benzene rings is 1. The molecule has 3 rings (SSSR count). The van der Waals surface area contributed by atoms with E-state index in [4.69, 9.17) is 5.73 Å². The first-order valence-corrected chi connectivity index (χ1v) is 8.11. The average Bonchev–Trinajstić information content (AvgIpc) is 2.94. The summed E-state index contributed by atoms with van der Waals surface area (Å²) in [5, 5.41) is 2.44. The number of aryl methyl sites for hydroxylation is 2. The van der Waals surface area contributed by atoms with Crippen molar-refractivity contribution in [3.8, 4) is 0 Å². The highest BCUT2D eigenvalue weighted by molar-refractivity contribution is 7.11. The zero-order valence-corrected chi connectivity index (χ0v) is 13.6. The fourth-order valence-electron chi connectivity index (χ4n) is 2.64. The third kappa shape index (κ3) is 3.01. The van der Waals surface area contributed by atoms with E-state index in [0.717, 1.165) is 18.7 Å². The molecule has 1 aromatic carbocycles. The zero-order valence-electron chi connectivity index (χ0n) is 12.8. The molecule has 110 valence electrons. The summed E-state index contributed by atoms with van der Waals surface area (Å²) >= 11 is 1.78. The lowest BCUT2D eigenvalue weighted by Gasteiger charge is -2.07. The van der Waals surface area contributed by atoms with E-state index >= 15 is 0 Å². The molecule has 0 aliphatic heterocycles. The third-order valence-corrected chi connectivity index (χ3v) is 4.83. The number of hydrogen-bond donors (Lipinski definition) is 1. The zero-order chi connectivity index (χ0) is 15.0. The van der Waals surface area contributed by atoms with Gasteiger partial charge in [0, 0.05) is 22.6 Å². The number of hydrogen-bond acceptors (Lipinski definition) is 3. The van der Waals surface area contributed by atoms with Gasteiger partial charge in [0.2, 0.25) is 0 Å². The molecule has 1 atom stereocenters. The highest BCUT2D eigenvalue weighted by Gasteiger charge is 2.08. The van der Waals surface area contributed by atoms with E-state index in [-0.39, 0.29) is 6.04 Å². The monoisotopic (exact) mass is 299 g/mol. The smallest absolute Gasteiger partial charge is 0.113 e. The second-order valence-electron chi connectivity index (χ2n) is 5.77. The second-order valence-corrected chi connectivity index (χ2v) is 7.06. The van der Waals surface area contributed by atoms with Gasteiger partial charge in [0.1, 0.15) is 5.01 Å². The molecule has 4 heteroatoms. The minimum atomic E-state index is 0.200. The van der Waals surface area contributed by atoms with Gasteiger partial charge in [-0.1, -0.05) is 6.07 Å². The SMILES string of the molecule is Cc1nc(Cn2ccc3cc(CC(C)N)ccc32)sc1C. The molecule has 0 spiro atoms. The first kappa shape index (κ1) is 14.3. The average molecular weight is 299 g/mol. The molecule has 0 radical (unpaired) electrons. The number of aromatic nitrogens is 2. The molecule has 0 saturated carbocycles. The summed E-state index contributed by atoms with van der Waals surface area (Å²) in [5.41, 5.74) is 9.58. The minimum Gasteiger partial charge on any atom is -0.341 e. The summed E-state index contributed by atoms with van der Waals surface area (Å²) in [5.74, 6) is 0. The summed E-state index contributed by atoms with van der Waals surface area (Å²) in [6, 6.07) is 8.99. The fraction of sp³-hybridized carbons (Fsp3) is 0.353. The van der Waals surface area contributed by atoms with Crippen molar-refractivity contribution in [1.29, 1.82) is 0 Å². The number of rotatable bonds is 4. The van der Waals surface area contributed by atoms with Crippen LogP contribution >= 0.6 is 11.3 Å². The van der Waals surface area contributed by atoms with Crippen molar-refractivity contribution in [3.05, 3.63) is 51.6 Å². The quantitative estimate of drug-likeness (QED) is 0.799. The van der Waals surface area contributed by atoms with E-state index in [0.29, 0.717) is 0 Å². The Balaban J connectivity index is 1.89. The molecule has 0 amide bonds. The maximum atomic E-state index is 5.88. The minimum absolute atomic E-state index is 0.200. The molecular formula is C17H21N3S. The van der Waals surface area contributed by atoms with E-state index in [9.17, 15) is 0 Å². The predicted octanol–water partition coefficient (Wildman–Crippen LogP) is 3.65. The van der Waals surface area contributed by atoms with Gasteiger partial charge in [0.05, 0.1) is 12.2 Å². The van der Waals surface area contributed by atoms with Crippen molar-refractivity contribution < 1.29 is 0 Å². The molecule has 2 heterocycles. The van der Waals surface area contributed by atoms with Crippen LogP contribution in [0.15, 0.2) is 30.5 Å². The second kappa shape index (κ2) is 5.62. The highest BCUT2D eigenvalue weighted by Crippen LogP contribution is 2.22. The maximum Gasteiger partial charge on any atom is 0.113 e. The number of fused-ring (bicyclic) bond motifs is 1. The summed E-state index contributed by atoms with van der Waals surface area (Å²) < 4.78 is 2.27. The van der Waals surface area contributed by atoms with E-state index in [1.54, 1.807) is 11.3 Å².